The van der Waals surface area contributed by atoms with Crippen LogP contribution in [0, 0.1) is 0 Å². The minimum atomic E-state index is -0.667. The van der Waals surface area contributed by atoms with Crippen molar-refractivity contribution in [3.63, 3.8) is 0 Å². The highest BCUT2D eigenvalue weighted by molar-refractivity contribution is 7.97. The summed E-state index contributed by atoms with van der Waals surface area (Å²) in [6.45, 7) is 9.03. The van der Waals surface area contributed by atoms with Crippen LogP contribution in [-0.2, 0) is 9.47 Å². The highest BCUT2D eigenvalue weighted by Crippen LogP contribution is 2.12. The van der Waals surface area contributed by atoms with Crippen LogP contribution in [0.5, 0.6) is 0 Å². The molecule has 2 amide bonds. The average Bonchev–Trinajstić information content (AvgIpc) is 2.25. The lowest BCUT2D eigenvalue weighted by Crippen LogP contribution is -2.43. The molecule has 0 spiro atoms. The van der Waals surface area contributed by atoms with Gasteiger partial charge >= 0.3 is 12.2 Å². The standard InChI is InChI=1S/C12H24N2O4S/c1-6-7-8-19-14(12(16)18-10(4)5)13-11(15)17-9(2)3/h9-10H,6-8H2,1-5H3,(H,13,15). The SMILES string of the molecule is CCCCSN(NC(=O)OC(C)C)C(=O)OC(C)C. The van der Waals surface area contributed by atoms with E-state index in [9.17, 15) is 9.59 Å². The molecular weight excluding hydrogens is 268 g/mol. The maximum Gasteiger partial charge on any atom is 0.439 e. The zero-order valence-electron chi connectivity index (χ0n) is 12.3. The van der Waals surface area contributed by atoms with E-state index >= 15 is 0 Å². The van der Waals surface area contributed by atoms with Gasteiger partial charge in [-0.15, -0.1) is 0 Å². The van der Waals surface area contributed by atoms with Gasteiger partial charge in [-0.05, 0) is 46.1 Å². The van der Waals surface area contributed by atoms with E-state index in [1.807, 2.05) is 0 Å². The number of unbranched alkanes of at least 4 members (excludes halogenated alkanes) is 1. The van der Waals surface area contributed by atoms with Crippen LogP contribution in [0.4, 0.5) is 9.59 Å². The summed E-state index contributed by atoms with van der Waals surface area (Å²) in [6.07, 6.45) is 0.192. The first-order valence-electron chi connectivity index (χ1n) is 6.47. The molecule has 0 aliphatic carbocycles. The summed E-state index contributed by atoms with van der Waals surface area (Å²) >= 11 is 1.20. The Hall–Kier alpha value is -1.11. The molecule has 0 aromatic heterocycles. The van der Waals surface area contributed by atoms with E-state index in [1.165, 1.54) is 11.9 Å². The molecule has 0 saturated heterocycles. The van der Waals surface area contributed by atoms with Gasteiger partial charge in [0.15, 0.2) is 0 Å². The third kappa shape index (κ3) is 9.47. The quantitative estimate of drug-likeness (QED) is 0.462. The summed E-state index contributed by atoms with van der Waals surface area (Å²) < 4.78 is 11.1. The van der Waals surface area contributed by atoms with Crippen molar-refractivity contribution in [2.75, 3.05) is 5.75 Å². The van der Waals surface area contributed by atoms with Gasteiger partial charge in [0.1, 0.15) is 0 Å². The molecule has 0 aromatic rings. The summed E-state index contributed by atoms with van der Waals surface area (Å²) in [5, 5.41) is 0. The van der Waals surface area contributed by atoms with E-state index in [2.05, 4.69) is 12.3 Å². The topological polar surface area (TPSA) is 67.9 Å². The molecule has 7 heteroatoms. The van der Waals surface area contributed by atoms with Crippen LogP contribution in [-0.4, -0.2) is 34.6 Å². The molecular formula is C12H24N2O4S. The summed E-state index contributed by atoms with van der Waals surface area (Å²) in [5.74, 6) is 0.714. The van der Waals surface area contributed by atoms with Crippen LogP contribution < -0.4 is 5.43 Å². The summed E-state index contributed by atoms with van der Waals surface area (Å²) in [5.41, 5.74) is 2.37. The summed E-state index contributed by atoms with van der Waals surface area (Å²) in [4.78, 5) is 23.3. The van der Waals surface area contributed by atoms with Gasteiger partial charge in [0, 0.05) is 5.75 Å². The van der Waals surface area contributed by atoms with E-state index in [4.69, 9.17) is 9.47 Å². The van der Waals surface area contributed by atoms with Crippen LogP contribution in [0.15, 0.2) is 0 Å². The van der Waals surface area contributed by atoms with E-state index < -0.39 is 12.2 Å². The second kappa shape index (κ2) is 9.77. The van der Waals surface area contributed by atoms with Crippen LogP contribution in [0.2, 0.25) is 0 Å². The van der Waals surface area contributed by atoms with Gasteiger partial charge in [-0.25, -0.2) is 15.0 Å². The molecule has 0 unspecified atom stereocenters. The highest BCUT2D eigenvalue weighted by atomic mass is 32.2. The van der Waals surface area contributed by atoms with Crippen molar-refractivity contribution in [2.24, 2.45) is 0 Å². The molecule has 0 saturated carbocycles. The first-order valence-corrected chi connectivity index (χ1v) is 7.42. The highest BCUT2D eigenvalue weighted by Gasteiger charge is 2.20. The number of hydrazine groups is 1. The van der Waals surface area contributed by atoms with Crippen molar-refractivity contribution in [1.82, 2.24) is 9.84 Å². The molecule has 0 bridgehead atoms. The summed E-state index contributed by atoms with van der Waals surface area (Å²) in [6, 6.07) is 0. The lowest BCUT2D eigenvalue weighted by molar-refractivity contribution is 0.0743. The van der Waals surface area contributed by atoms with Crippen molar-refractivity contribution >= 4 is 24.1 Å². The second-order valence-corrected chi connectivity index (χ2v) is 5.51. The fraction of sp³-hybridized carbons (Fsp3) is 0.833. The van der Waals surface area contributed by atoms with Gasteiger partial charge in [-0.2, -0.15) is 4.41 Å². The Kier molecular flexibility index (Phi) is 9.20. The van der Waals surface area contributed by atoms with E-state index in [0.717, 1.165) is 17.3 Å². The van der Waals surface area contributed by atoms with Gasteiger partial charge in [0.05, 0.1) is 12.2 Å². The summed E-state index contributed by atoms with van der Waals surface area (Å²) in [7, 11) is 0. The number of carbonyl (C=O) groups is 2. The lowest BCUT2D eigenvalue weighted by atomic mass is 10.4. The molecule has 0 heterocycles. The minimum absolute atomic E-state index is 0.246. The van der Waals surface area contributed by atoms with Gasteiger partial charge in [-0.3, -0.25) is 0 Å². The van der Waals surface area contributed by atoms with Crippen molar-refractivity contribution in [1.29, 1.82) is 0 Å². The molecule has 6 nitrogen and oxygen atoms in total. The first-order chi connectivity index (χ1) is 8.86. The third-order valence-electron chi connectivity index (χ3n) is 1.76. The molecule has 0 radical (unpaired) electrons. The normalized spacial score (nSPS) is 10.5. The lowest BCUT2D eigenvalue weighted by Gasteiger charge is -2.22. The van der Waals surface area contributed by atoms with Crippen molar-refractivity contribution in [3.05, 3.63) is 0 Å². The predicted molar refractivity (Wildman–Crippen MR) is 75.6 cm³/mol. The Morgan fingerprint density at radius 2 is 1.74 bits per heavy atom. The van der Waals surface area contributed by atoms with E-state index in [1.54, 1.807) is 27.7 Å². The largest absolute Gasteiger partial charge is 0.446 e. The Balaban J connectivity index is 4.39. The third-order valence-corrected chi connectivity index (χ3v) is 2.73. The van der Waals surface area contributed by atoms with Crippen molar-refractivity contribution in [2.45, 2.75) is 59.7 Å². The van der Waals surface area contributed by atoms with Crippen LogP contribution in [0.1, 0.15) is 47.5 Å². The molecule has 112 valence electrons. The van der Waals surface area contributed by atoms with Gasteiger partial charge in [0.2, 0.25) is 0 Å². The molecule has 19 heavy (non-hydrogen) atoms. The number of ether oxygens (including phenoxy) is 2. The fourth-order valence-electron chi connectivity index (χ4n) is 1.00. The Morgan fingerprint density at radius 1 is 1.16 bits per heavy atom. The molecule has 1 N–H and O–H groups in total. The average molecular weight is 292 g/mol. The molecule has 0 aliphatic rings. The number of hydrogen-bond acceptors (Lipinski definition) is 5. The Bertz CT molecular complexity index is 285. The van der Waals surface area contributed by atoms with Crippen LogP contribution in [0.3, 0.4) is 0 Å². The van der Waals surface area contributed by atoms with Gasteiger partial charge < -0.3 is 9.47 Å². The molecule has 0 aromatic carbocycles. The molecule has 0 rings (SSSR count). The maximum absolute atomic E-state index is 11.8. The molecule has 0 aliphatic heterocycles. The number of carbonyl (C=O) groups excluding carboxylic acids is 2. The number of nitrogens with zero attached hydrogens (tertiary/aromatic N) is 1. The first kappa shape index (κ1) is 17.9. The smallest absolute Gasteiger partial charge is 0.439 e. The van der Waals surface area contributed by atoms with Crippen molar-refractivity contribution < 1.29 is 19.1 Å². The van der Waals surface area contributed by atoms with Crippen LogP contribution in [0.25, 0.3) is 0 Å². The zero-order valence-corrected chi connectivity index (χ0v) is 13.1. The number of amides is 2. The fourth-order valence-corrected chi connectivity index (χ4v) is 1.89. The molecule has 0 atom stereocenters. The predicted octanol–water partition coefficient (Wildman–Crippen LogP) is 3.33. The Morgan fingerprint density at radius 3 is 2.21 bits per heavy atom. The van der Waals surface area contributed by atoms with Gasteiger partial charge in [-0.1, -0.05) is 13.3 Å². The minimum Gasteiger partial charge on any atom is -0.446 e. The maximum atomic E-state index is 11.8. The zero-order chi connectivity index (χ0) is 14.8. The Labute approximate surface area is 119 Å². The second-order valence-electron chi connectivity index (χ2n) is 4.48. The number of nitrogens with one attached hydrogen (secondary N) is 1. The van der Waals surface area contributed by atoms with E-state index in [0.29, 0.717) is 5.75 Å². The van der Waals surface area contributed by atoms with Crippen LogP contribution >= 0.6 is 11.9 Å². The molecule has 0 fully saturated rings. The van der Waals surface area contributed by atoms with Crippen molar-refractivity contribution in [3.8, 4) is 0 Å². The number of hydrogen-bond donors (Lipinski definition) is 1. The number of rotatable bonds is 6. The van der Waals surface area contributed by atoms with E-state index in [-0.39, 0.29) is 12.2 Å². The monoisotopic (exact) mass is 292 g/mol. The van der Waals surface area contributed by atoms with Gasteiger partial charge in [0.25, 0.3) is 0 Å².